The molecule has 0 radical (unpaired) electrons. The van der Waals surface area contributed by atoms with Crippen LogP contribution in [0.3, 0.4) is 0 Å². The molecular formula is C9H9BrO2S. The van der Waals surface area contributed by atoms with Gasteiger partial charge >= 0.3 is 0 Å². The van der Waals surface area contributed by atoms with E-state index in [2.05, 4.69) is 15.9 Å². The monoisotopic (exact) mass is 260 g/mol. The smallest absolute Gasteiger partial charge is 0.160 e. The van der Waals surface area contributed by atoms with Gasteiger partial charge < -0.3 is 0 Å². The van der Waals surface area contributed by atoms with E-state index in [0.717, 1.165) is 4.90 Å². The van der Waals surface area contributed by atoms with Crippen LogP contribution in [0.1, 0.15) is 17.3 Å². The summed E-state index contributed by atoms with van der Waals surface area (Å²) in [5.74, 6) is 0.000287. The number of halogens is 1. The Hall–Kier alpha value is -0.480. The van der Waals surface area contributed by atoms with E-state index < -0.39 is 10.8 Å². The number of hydrogen-bond donors (Lipinski definition) is 0. The van der Waals surface area contributed by atoms with Crippen molar-refractivity contribution in [2.45, 2.75) is 11.8 Å². The summed E-state index contributed by atoms with van der Waals surface area (Å²) in [6, 6.07) is 5.10. The van der Waals surface area contributed by atoms with Gasteiger partial charge in [0, 0.05) is 32.0 Å². The second-order valence-electron chi connectivity index (χ2n) is 2.65. The van der Waals surface area contributed by atoms with Crippen molar-refractivity contribution in [3.8, 4) is 0 Å². The first-order valence-corrected chi connectivity index (χ1v) is 6.01. The summed E-state index contributed by atoms with van der Waals surface area (Å²) in [5.41, 5.74) is 0.620. The van der Waals surface area contributed by atoms with Crippen molar-refractivity contribution in [1.82, 2.24) is 0 Å². The first-order valence-electron chi connectivity index (χ1n) is 3.66. The van der Waals surface area contributed by atoms with Crippen LogP contribution in [0.2, 0.25) is 0 Å². The predicted molar refractivity (Wildman–Crippen MR) is 56.5 cm³/mol. The largest absolute Gasteiger partial charge is 0.294 e. The van der Waals surface area contributed by atoms with Gasteiger partial charge in [-0.1, -0.05) is 15.9 Å². The molecule has 0 aliphatic heterocycles. The molecule has 0 N–H and O–H groups in total. The molecule has 0 aliphatic carbocycles. The zero-order valence-corrected chi connectivity index (χ0v) is 9.74. The quantitative estimate of drug-likeness (QED) is 0.766. The predicted octanol–water partition coefficient (Wildman–Crippen LogP) is 2.39. The first kappa shape index (κ1) is 10.6. The number of Topliss-reactive ketones (excluding diaryl/α,β-unsaturated/α-hetero) is 1. The van der Waals surface area contributed by atoms with E-state index in [0.29, 0.717) is 10.0 Å². The summed E-state index contributed by atoms with van der Waals surface area (Å²) < 4.78 is 11.8. The van der Waals surface area contributed by atoms with Gasteiger partial charge in [0.2, 0.25) is 0 Å². The van der Waals surface area contributed by atoms with Gasteiger partial charge in [-0.05, 0) is 25.1 Å². The van der Waals surface area contributed by atoms with E-state index >= 15 is 0 Å². The van der Waals surface area contributed by atoms with Gasteiger partial charge in [-0.15, -0.1) is 0 Å². The number of rotatable bonds is 2. The van der Waals surface area contributed by atoms with Gasteiger partial charge in [-0.2, -0.15) is 0 Å². The summed E-state index contributed by atoms with van der Waals surface area (Å²) >= 11 is 3.26. The van der Waals surface area contributed by atoms with Crippen molar-refractivity contribution >= 4 is 32.5 Å². The molecule has 2 nitrogen and oxygen atoms in total. The van der Waals surface area contributed by atoms with E-state index in [1.807, 2.05) is 0 Å². The summed E-state index contributed by atoms with van der Waals surface area (Å²) in [7, 11) is -1.00. The number of carbonyl (C=O) groups excluding carboxylic acids is 1. The van der Waals surface area contributed by atoms with Crippen LogP contribution in [0, 0.1) is 0 Å². The number of ketones is 1. The maximum atomic E-state index is 11.1. The molecule has 0 heterocycles. The molecular weight excluding hydrogens is 252 g/mol. The highest BCUT2D eigenvalue weighted by atomic mass is 79.9. The molecule has 0 bridgehead atoms. The summed E-state index contributed by atoms with van der Waals surface area (Å²) in [4.78, 5) is 11.8. The lowest BCUT2D eigenvalue weighted by atomic mass is 10.2. The molecule has 1 aromatic carbocycles. The highest BCUT2D eigenvalue weighted by molar-refractivity contribution is 9.10. The van der Waals surface area contributed by atoms with Crippen LogP contribution >= 0.6 is 15.9 Å². The Labute approximate surface area is 87.9 Å². The molecule has 1 atom stereocenters. The Morgan fingerprint density at radius 1 is 1.46 bits per heavy atom. The summed E-state index contributed by atoms with van der Waals surface area (Å²) in [6.07, 6.45) is 1.61. The lowest BCUT2D eigenvalue weighted by molar-refractivity contribution is 0.101. The normalized spacial score (nSPS) is 12.5. The minimum atomic E-state index is -1.00. The van der Waals surface area contributed by atoms with Crippen LogP contribution < -0.4 is 0 Å². The molecule has 0 saturated carbocycles. The molecule has 1 aromatic rings. The lowest BCUT2D eigenvalue weighted by Crippen LogP contribution is -1.95. The molecule has 0 aromatic heterocycles. The molecule has 0 aliphatic rings. The Morgan fingerprint density at radius 2 is 2.08 bits per heavy atom. The zero-order valence-electron chi connectivity index (χ0n) is 7.33. The Kier molecular flexibility index (Phi) is 3.39. The van der Waals surface area contributed by atoms with E-state index in [1.165, 1.54) is 6.92 Å². The van der Waals surface area contributed by atoms with Crippen LogP contribution in [0.15, 0.2) is 27.6 Å². The first-order chi connectivity index (χ1) is 6.02. The maximum Gasteiger partial charge on any atom is 0.160 e. The molecule has 4 heteroatoms. The van der Waals surface area contributed by atoms with Gasteiger partial charge in [0.25, 0.3) is 0 Å². The van der Waals surface area contributed by atoms with Crippen LogP contribution in [0.5, 0.6) is 0 Å². The van der Waals surface area contributed by atoms with Crippen LogP contribution in [-0.2, 0) is 10.8 Å². The molecule has 0 amide bonds. The zero-order chi connectivity index (χ0) is 10.0. The van der Waals surface area contributed by atoms with E-state index in [9.17, 15) is 9.00 Å². The maximum absolute atomic E-state index is 11.1. The third kappa shape index (κ3) is 2.48. The summed E-state index contributed by atoms with van der Waals surface area (Å²) in [6.45, 7) is 1.50. The van der Waals surface area contributed by atoms with Gasteiger partial charge in [-0.25, -0.2) is 0 Å². The van der Waals surface area contributed by atoms with Crippen molar-refractivity contribution in [3.63, 3.8) is 0 Å². The average Bonchev–Trinajstić information content (AvgIpc) is 2.03. The van der Waals surface area contributed by atoms with Gasteiger partial charge in [0.05, 0.1) is 0 Å². The third-order valence-corrected chi connectivity index (χ3v) is 3.23. The third-order valence-electron chi connectivity index (χ3n) is 1.65. The molecule has 13 heavy (non-hydrogen) atoms. The second-order valence-corrected chi connectivity index (χ2v) is 4.89. The lowest BCUT2D eigenvalue weighted by Gasteiger charge is -2.01. The SMILES string of the molecule is CC(=O)c1ccc(S(C)=O)cc1Br. The fourth-order valence-corrected chi connectivity index (χ4v) is 2.31. The van der Waals surface area contributed by atoms with Crippen molar-refractivity contribution in [2.75, 3.05) is 6.26 Å². The van der Waals surface area contributed by atoms with Gasteiger partial charge in [-0.3, -0.25) is 9.00 Å². The Morgan fingerprint density at radius 3 is 2.46 bits per heavy atom. The molecule has 1 rings (SSSR count). The van der Waals surface area contributed by atoms with Crippen LogP contribution in [-0.4, -0.2) is 16.2 Å². The highest BCUT2D eigenvalue weighted by Crippen LogP contribution is 2.20. The minimum Gasteiger partial charge on any atom is -0.294 e. The number of carbonyl (C=O) groups is 1. The molecule has 70 valence electrons. The standard InChI is InChI=1S/C9H9BrO2S/c1-6(11)8-4-3-7(13(2)12)5-9(8)10/h3-5H,1-2H3. The van der Waals surface area contributed by atoms with E-state index in [-0.39, 0.29) is 5.78 Å². The van der Waals surface area contributed by atoms with Crippen molar-refractivity contribution in [1.29, 1.82) is 0 Å². The van der Waals surface area contributed by atoms with Crippen molar-refractivity contribution < 1.29 is 9.00 Å². The number of hydrogen-bond acceptors (Lipinski definition) is 2. The molecule has 1 unspecified atom stereocenters. The molecule has 0 spiro atoms. The highest BCUT2D eigenvalue weighted by Gasteiger charge is 2.06. The van der Waals surface area contributed by atoms with Gasteiger partial charge in [0.1, 0.15) is 0 Å². The molecule has 0 fully saturated rings. The Bertz CT molecular complexity index is 374. The topological polar surface area (TPSA) is 34.1 Å². The van der Waals surface area contributed by atoms with E-state index in [4.69, 9.17) is 0 Å². The average molecular weight is 261 g/mol. The second kappa shape index (κ2) is 4.15. The minimum absolute atomic E-state index is 0.000287. The Balaban J connectivity index is 3.20. The van der Waals surface area contributed by atoms with Crippen molar-refractivity contribution in [2.24, 2.45) is 0 Å². The van der Waals surface area contributed by atoms with Crippen LogP contribution in [0.25, 0.3) is 0 Å². The van der Waals surface area contributed by atoms with Crippen molar-refractivity contribution in [3.05, 3.63) is 28.2 Å². The fraction of sp³-hybridized carbons (Fsp3) is 0.222. The van der Waals surface area contributed by atoms with Crippen LogP contribution in [0.4, 0.5) is 0 Å². The van der Waals surface area contributed by atoms with Gasteiger partial charge in [0.15, 0.2) is 5.78 Å². The summed E-state index contributed by atoms with van der Waals surface area (Å²) in [5, 5.41) is 0. The van der Waals surface area contributed by atoms with E-state index in [1.54, 1.807) is 24.5 Å². The molecule has 0 saturated heterocycles. The number of benzene rings is 1. The fourth-order valence-electron chi connectivity index (χ4n) is 0.960.